The molecule has 0 radical (unpaired) electrons. The van der Waals surface area contributed by atoms with Crippen LogP contribution in [0.15, 0.2) is 0 Å². The van der Waals surface area contributed by atoms with Crippen LogP contribution < -0.4 is 0 Å². The second-order valence-electron chi connectivity index (χ2n) is 1.42. The number of halogens is 4. The molecule has 0 aromatic carbocycles. The lowest BCUT2D eigenvalue weighted by Gasteiger charge is -2.08. The Bertz CT molecular complexity index is 329. The fraction of sp³-hybridized carbons (Fsp3) is 1.00. The van der Waals surface area contributed by atoms with E-state index in [1.807, 2.05) is 0 Å². The van der Waals surface area contributed by atoms with Crippen molar-refractivity contribution in [3.63, 3.8) is 0 Å². The molecule has 0 aromatic heterocycles. The zero-order chi connectivity index (χ0) is 10.9. The largest absolute Gasteiger partial charge is 0.518 e. The van der Waals surface area contributed by atoms with E-state index < -0.39 is 27.3 Å². The zero-order valence-electron chi connectivity index (χ0n) is 5.28. The van der Waals surface area contributed by atoms with Gasteiger partial charge >= 0.3 is 27.3 Å². The Labute approximate surface area is 69.9 Å². The number of alkyl halides is 2. The van der Waals surface area contributed by atoms with E-state index in [1.54, 1.807) is 0 Å². The maximum atomic E-state index is 11.7. The third-order valence-electron chi connectivity index (χ3n) is 0.393. The Morgan fingerprint density at radius 1 is 0.846 bits per heavy atom. The summed E-state index contributed by atoms with van der Waals surface area (Å²) in [4.78, 5) is 0. The van der Waals surface area contributed by atoms with Crippen LogP contribution in [0.5, 0.6) is 0 Å². The lowest BCUT2D eigenvalue weighted by molar-refractivity contribution is -0.306. The molecule has 12 heteroatoms. The average molecular weight is 248 g/mol. The molecule has 0 spiro atoms. The average Bonchev–Trinajstić information content (AvgIpc) is 1.43. The van der Waals surface area contributed by atoms with E-state index >= 15 is 0 Å². The normalized spacial score (nSPS) is 14.5. The van der Waals surface area contributed by atoms with Gasteiger partial charge in [-0.2, -0.15) is 16.8 Å². The molecule has 0 aromatic rings. The first-order chi connectivity index (χ1) is 5.41. The van der Waals surface area contributed by atoms with Gasteiger partial charge in [-0.05, 0) is 0 Å². The fourth-order valence-corrected chi connectivity index (χ4v) is 0.820. The molecule has 0 unspecified atom stereocenters. The molecule has 0 N–H and O–H groups in total. The Morgan fingerprint density at radius 3 is 1.23 bits per heavy atom. The van der Waals surface area contributed by atoms with E-state index in [1.165, 1.54) is 0 Å². The Morgan fingerprint density at radius 2 is 1.08 bits per heavy atom. The summed E-state index contributed by atoms with van der Waals surface area (Å²) < 4.78 is 87.9. The van der Waals surface area contributed by atoms with Crippen molar-refractivity contribution >= 4 is 21.0 Å². The second kappa shape index (κ2) is 3.36. The minimum absolute atomic E-state index is 2.13. The van der Waals surface area contributed by atoms with Gasteiger partial charge in [0.25, 0.3) is 0 Å². The van der Waals surface area contributed by atoms with E-state index in [2.05, 4.69) is 8.37 Å². The molecule has 0 saturated heterocycles. The molecular weight excluding hydrogens is 248 g/mol. The minimum Gasteiger partial charge on any atom is -0.164 e. The highest BCUT2D eigenvalue weighted by Crippen LogP contribution is 2.23. The van der Waals surface area contributed by atoms with Crippen molar-refractivity contribution in [1.29, 1.82) is 0 Å². The summed E-state index contributed by atoms with van der Waals surface area (Å²) in [7, 11) is -12.3. The molecule has 80 valence electrons. The molecule has 0 saturated carbocycles. The summed E-state index contributed by atoms with van der Waals surface area (Å²) in [5, 5.41) is 0. The van der Waals surface area contributed by atoms with Crippen LogP contribution in [0, 0.1) is 0 Å². The van der Waals surface area contributed by atoms with Gasteiger partial charge in [-0.25, -0.2) is 0 Å². The summed E-state index contributed by atoms with van der Waals surface area (Å²) >= 11 is 0. The van der Waals surface area contributed by atoms with Crippen molar-refractivity contribution in [1.82, 2.24) is 0 Å². The third kappa shape index (κ3) is 7.89. The Balaban J connectivity index is 4.62. The van der Waals surface area contributed by atoms with Gasteiger partial charge in [0.15, 0.2) is 0 Å². The summed E-state index contributed by atoms with van der Waals surface area (Å²) in [6, 6.07) is 0. The molecule has 0 heterocycles. The van der Waals surface area contributed by atoms with Crippen molar-refractivity contribution in [2.24, 2.45) is 0 Å². The van der Waals surface area contributed by atoms with Crippen LogP contribution in [0.25, 0.3) is 0 Å². The van der Waals surface area contributed by atoms with Crippen LogP contribution in [0.1, 0.15) is 0 Å². The zero-order valence-corrected chi connectivity index (χ0v) is 6.91. The summed E-state index contributed by atoms with van der Waals surface area (Å²) in [6.45, 7) is 0. The van der Waals surface area contributed by atoms with Crippen LogP contribution in [0.3, 0.4) is 0 Å². The number of hydrogen-bond donors (Lipinski definition) is 0. The van der Waals surface area contributed by atoms with E-state index in [0.717, 1.165) is 0 Å². The van der Waals surface area contributed by atoms with Crippen LogP contribution in [-0.4, -0.2) is 23.1 Å². The van der Waals surface area contributed by atoms with Crippen molar-refractivity contribution in [2.75, 3.05) is 0 Å². The fourth-order valence-electron chi connectivity index (χ4n) is 0.246. The molecule has 0 aliphatic carbocycles. The monoisotopic (exact) mass is 248 g/mol. The summed E-state index contributed by atoms with van der Waals surface area (Å²) in [5.74, 6) is 0. The van der Waals surface area contributed by atoms with E-state index in [4.69, 9.17) is 0 Å². The molecular formula is CF4O6S2. The quantitative estimate of drug-likeness (QED) is 0.395. The number of hydrogen-bond acceptors (Lipinski definition) is 6. The molecule has 0 amide bonds. The van der Waals surface area contributed by atoms with Gasteiger partial charge in [-0.15, -0.1) is 17.1 Å². The van der Waals surface area contributed by atoms with Gasteiger partial charge in [-0.3, -0.25) is 0 Å². The van der Waals surface area contributed by atoms with Crippen LogP contribution in [0.2, 0.25) is 0 Å². The van der Waals surface area contributed by atoms with E-state index in [0.29, 0.717) is 0 Å². The maximum absolute atomic E-state index is 11.7. The Kier molecular flexibility index (Phi) is 3.24. The highest BCUT2D eigenvalue weighted by molar-refractivity contribution is 7.82. The summed E-state index contributed by atoms with van der Waals surface area (Å²) in [6.07, 6.45) is -5.46. The van der Waals surface area contributed by atoms with Gasteiger partial charge in [0.2, 0.25) is 0 Å². The third-order valence-corrected chi connectivity index (χ3v) is 1.18. The van der Waals surface area contributed by atoms with Crippen LogP contribution in [-0.2, 0) is 29.4 Å². The minimum atomic E-state index is -6.16. The first kappa shape index (κ1) is 12.5. The molecule has 13 heavy (non-hydrogen) atoms. The summed E-state index contributed by atoms with van der Waals surface area (Å²) in [5.41, 5.74) is 0. The Hall–Kier alpha value is -0.460. The standard InChI is InChI=1S/CF4O6S2/c2-1(3,10-12(4,6)7)11-13(5,8)9. The van der Waals surface area contributed by atoms with Crippen molar-refractivity contribution in [2.45, 2.75) is 6.29 Å². The van der Waals surface area contributed by atoms with Crippen molar-refractivity contribution < 1.29 is 41.8 Å². The van der Waals surface area contributed by atoms with Crippen LogP contribution >= 0.6 is 0 Å². The predicted molar refractivity (Wildman–Crippen MR) is 27.2 cm³/mol. The molecule has 0 bridgehead atoms. The van der Waals surface area contributed by atoms with Crippen molar-refractivity contribution in [3.05, 3.63) is 0 Å². The highest BCUT2D eigenvalue weighted by atomic mass is 32.3. The maximum Gasteiger partial charge on any atom is 0.518 e. The first-order valence-corrected chi connectivity index (χ1v) is 4.71. The van der Waals surface area contributed by atoms with E-state index in [9.17, 15) is 33.4 Å². The molecule has 0 rings (SSSR count). The molecule has 0 fully saturated rings. The van der Waals surface area contributed by atoms with E-state index in [-0.39, 0.29) is 0 Å². The molecule has 0 aliphatic heterocycles. The van der Waals surface area contributed by atoms with Gasteiger partial charge in [0.1, 0.15) is 0 Å². The topological polar surface area (TPSA) is 86.7 Å². The molecule has 6 nitrogen and oxygen atoms in total. The van der Waals surface area contributed by atoms with Crippen molar-refractivity contribution in [3.8, 4) is 0 Å². The highest BCUT2D eigenvalue weighted by Gasteiger charge is 2.44. The molecule has 0 aliphatic rings. The first-order valence-electron chi connectivity index (χ1n) is 2.09. The SMILES string of the molecule is O=S(=O)(F)OC(F)(F)OS(=O)(=O)F. The van der Waals surface area contributed by atoms with Gasteiger partial charge in [0, 0.05) is 0 Å². The van der Waals surface area contributed by atoms with Gasteiger partial charge < -0.3 is 0 Å². The predicted octanol–water partition coefficient (Wildman–Crippen LogP) is -0.00150. The van der Waals surface area contributed by atoms with Gasteiger partial charge in [-0.1, -0.05) is 7.77 Å². The van der Waals surface area contributed by atoms with Crippen LogP contribution in [0.4, 0.5) is 16.6 Å². The lowest BCUT2D eigenvalue weighted by Crippen LogP contribution is -2.28. The molecule has 0 atom stereocenters. The lowest BCUT2D eigenvalue weighted by atomic mass is 11.3. The smallest absolute Gasteiger partial charge is 0.164 e. The second-order valence-corrected chi connectivity index (χ2v) is 3.32. The van der Waals surface area contributed by atoms with Gasteiger partial charge in [0.05, 0.1) is 0 Å². The number of rotatable bonds is 4.